The van der Waals surface area contributed by atoms with Crippen LogP contribution in [0.2, 0.25) is 0 Å². The van der Waals surface area contributed by atoms with Crippen LogP contribution < -0.4 is 10.1 Å². The van der Waals surface area contributed by atoms with Gasteiger partial charge in [0.25, 0.3) is 5.91 Å². The van der Waals surface area contributed by atoms with E-state index in [0.717, 1.165) is 18.6 Å². The van der Waals surface area contributed by atoms with Crippen LogP contribution in [0.1, 0.15) is 28.8 Å². The molecule has 0 radical (unpaired) electrons. The molecule has 0 unspecified atom stereocenters. The van der Waals surface area contributed by atoms with Crippen molar-refractivity contribution < 1.29 is 14.3 Å². The molecular weight excluding hydrogens is 346 g/mol. The van der Waals surface area contributed by atoms with Gasteiger partial charge in [0.2, 0.25) is 0 Å². The molecule has 1 amide bonds. The Hall–Kier alpha value is -3.00. The molecule has 1 fully saturated rings. The molecule has 0 spiro atoms. The van der Waals surface area contributed by atoms with E-state index < -0.39 is 0 Å². The third-order valence-electron chi connectivity index (χ3n) is 5.19. The smallest absolute Gasteiger partial charge is 0.252 e. The van der Waals surface area contributed by atoms with E-state index in [4.69, 9.17) is 9.47 Å². The fourth-order valence-electron chi connectivity index (χ4n) is 3.50. The molecule has 27 heavy (non-hydrogen) atoms. The summed E-state index contributed by atoms with van der Waals surface area (Å²) in [4.78, 5) is 12.7. The number of carbonyl (C=O) groups is 1. The Balaban J connectivity index is 1.53. The van der Waals surface area contributed by atoms with E-state index in [9.17, 15) is 4.79 Å². The Kier molecular flexibility index (Phi) is 4.72. The summed E-state index contributed by atoms with van der Waals surface area (Å²) in [6.07, 6.45) is 3.34. The van der Waals surface area contributed by atoms with Gasteiger partial charge >= 0.3 is 0 Å². The average molecular weight is 367 g/mol. The van der Waals surface area contributed by atoms with Gasteiger partial charge in [0, 0.05) is 31.4 Å². The first-order valence-corrected chi connectivity index (χ1v) is 8.88. The quantitative estimate of drug-likeness (QED) is 0.737. The molecule has 1 saturated heterocycles. The number of amides is 1. The van der Waals surface area contributed by atoms with Gasteiger partial charge in [-0.2, -0.15) is 4.52 Å². The lowest BCUT2D eigenvalue weighted by Crippen LogP contribution is -2.44. The van der Waals surface area contributed by atoms with Crippen molar-refractivity contribution in [2.75, 3.05) is 26.9 Å². The van der Waals surface area contributed by atoms with E-state index in [1.165, 1.54) is 10.1 Å². The number of ether oxygens (including phenoxy) is 2. The maximum atomic E-state index is 12.7. The van der Waals surface area contributed by atoms with E-state index >= 15 is 0 Å². The summed E-state index contributed by atoms with van der Waals surface area (Å²) in [5.41, 5.74) is 2.15. The normalized spacial score (nSPS) is 16.2. The van der Waals surface area contributed by atoms with Gasteiger partial charge in [-0.3, -0.25) is 4.79 Å². The van der Waals surface area contributed by atoms with Gasteiger partial charge in [-0.25, -0.2) is 0 Å². The average Bonchev–Trinajstić information content (AvgIpc) is 3.20. The van der Waals surface area contributed by atoms with Gasteiger partial charge in [-0.1, -0.05) is 12.1 Å². The number of hydrogen-bond acceptors (Lipinski definition) is 6. The van der Waals surface area contributed by atoms with Crippen LogP contribution in [-0.4, -0.2) is 52.8 Å². The zero-order valence-corrected chi connectivity index (χ0v) is 15.1. The topological polar surface area (TPSA) is 90.6 Å². The molecule has 3 aromatic rings. The molecule has 0 bridgehead atoms. The molecule has 0 aliphatic carbocycles. The predicted octanol–water partition coefficient (Wildman–Crippen LogP) is 1.61. The first-order valence-electron chi connectivity index (χ1n) is 8.88. The van der Waals surface area contributed by atoms with Crippen LogP contribution >= 0.6 is 0 Å². The maximum absolute atomic E-state index is 12.7. The number of rotatable bonds is 5. The Bertz CT molecular complexity index is 932. The molecule has 1 aromatic carbocycles. The molecule has 1 aliphatic rings. The molecule has 0 saturated carbocycles. The van der Waals surface area contributed by atoms with Crippen molar-refractivity contribution in [3.63, 3.8) is 0 Å². The summed E-state index contributed by atoms with van der Waals surface area (Å²) >= 11 is 0. The highest BCUT2D eigenvalue weighted by molar-refractivity contribution is 5.94. The zero-order chi connectivity index (χ0) is 18.7. The monoisotopic (exact) mass is 367 g/mol. The van der Waals surface area contributed by atoms with Crippen molar-refractivity contribution >= 4 is 11.6 Å². The SMILES string of the molecule is COc1ccc(C2(CNC(=O)c3ccc4nnnn4c3)CCOCC2)cc1. The third-order valence-corrected chi connectivity index (χ3v) is 5.19. The summed E-state index contributed by atoms with van der Waals surface area (Å²) in [7, 11) is 1.65. The molecule has 8 nitrogen and oxygen atoms in total. The van der Waals surface area contributed by atoms with Gasteiger partial charge in [-0.05, 0) is 53.1 Å². The molecule has 8 heteroatoms. The third kappa shape index (κ3) is 3.48. The van der Waals surface area contributed by atoms with Crippen LogP contribution in [0.15, 0.2) is 42.6 Å². The first kappa shape index (κ1) is 17.4. The van der Waals surface area contributed by atoms with Crippen LogP contribution in [0.5, 0.6) is 5.75 Å². The Labute approximate surface area is 156 Å². The number of benzene rings is 1. The summed E-state index contributed by atoms with van der Waals surface area (Å²) in [5.74, 6) is 0.673. The van der Waals surface area contributed by atoms with E-state index in [1.54, 1.807) is 25.4 Å². The summed E-state index contributed by atoms with van der Waals surface area (Å²) in [6, 6.07) is 11.5. The minimum atomic E-state index is -0.154. The van der Waals surface area contributed by atoms with Crippen molar-refractivity contribution in [1.29, 1.82) is 0 Å². The largest absolute Gasteiger partial charge is 0.497 e. The number of aromatic nitrogens is 4. The summed E-state index contributed by atoms with van der Waals surface area (Å²) < 4.78 is 12.3. The number of fused-ring (bicyclic) bond motifs is 1. The number of methoxy groups -OCH3 is 1. The van der Waals surface area contributed by atoms with Gasteiger partial charge in [0.1, 0.15) is 5.75 Å². The van der Waals surface area contributed by atoms with E-state index in [1.807, 2.05) is 12.1 Å². The second kappa shape index (κ2) is 7.32. The molecular formula is C19H21N5O3. The number of carbonyl (C=O) groups excluding carboxylic acids is 1. The Morgan fingerprint density at radius 1 is 1.22 bits per heavy atom. The first-order chi connectivity index (χ1) is 13.2. The summed E-state index contributed by atoms with van der Waals surface area (Å²) in [6.45, 7) is 1.89. The van der Waals surface area contributed by atoms with Crippen molar-refractivity contribution in [3.05, 3.63) is 53.7 Å². The van der Waals surface area contributed by atoms with Crippen LogP contribution in [-0.2, 0) is 10.2 Å². The van der Waals surface area contributed by atoms with Gasteiger partial charge in [0.15, 0.2) is 5.65 Å². The molecule has 1 N–H and O–H groups in total. The lowest BCUT2D eigenvalue weighted by atomic mass is 9.74. The number of pyridine rings is 1. The second-order valence-electron chi connectivity index (χ2n) is 6.70. The molecule has 2 aromatic heterocycles. The van der Waals surface area contributed by atoms with Crippen molar-refractivity contribution in [3.8, 4) is 5.75 Å². The van der Waals surface area contributed by atoms with Crippen LogP contribution in [0, 0.1) is 0 Å². The fraction of sp³-hybridized carbons (Fsp3) is 0.368. The van der Waals surface area contributed by atoms with Gasteiger partial charge < -0.3 is 14.8 Å². The van der Waals surface area contributed by atoms with Gasteiger partial charge in [0.05, 0.1) is 12.7 Å². The highest BCUT2D eigenvalue weighted by atomic mass is 16.5. The number of nitrogens with zero attached hydrogens (tertiary/aromatic N) is 4. The highest BCUT2D eigenvalue weighted by Crippen LogP contribution is 2.35. The maximum Gasteiger partial charge on any atom is 0.252 e. The zero-order valence-electron chi connectivity index (χ0n) is 15.1. The van der Waals surface area contributed by atoms with E-state index in [0.29, 0.717) is 31.0 Å². The predicted molar refractivity (Wildman–Crippen MR) is 97.8 cm³/mol. The van der Waals surface area contributed by atoms with Crippen molar-refractivity contribution in [2.45, 2.75) is 18.3 Å². The molecule has 1 aliphatic heterocycles. The number of nitrogens with one attached hydrogen (secondary N) is 1. The Morgan fingerprint density at radius 3 is 2.74 bits per heavy atom. The van der Waals surface area contributed by atoms with Gasteiger partial charge in [-0.15, -0.1) is 5.10 Å². The fourth-order valence-corrected chi connectivity index (χ4v) is 3.50. The lowest BCUT2D eigenvalue weighted by Gasteiger charge is -2.38. The summed E-state index contributed by atoms with van der Waals surface area (Å²) in [5, 5.41) is 14.4. The van der Waals surface area contributed by atoms with Crippen molar-refractivity contribution in [2.24, 2.45) is 0 Å². The number of tetrazole rings is 1. The molecule has 0 atom stereocenters. The molecule has 140 valence electrons. The van der Waals surface area contributed by atoms with Crippen LogP contribution in [0.3, 0.4) is 0 Å². The highest BCUT2D eigenvalue weighted by Gasteiger charge is 2.35. The second-order valence-corrected chi connectivity index (χ2v) is 6.70. The van der Waals surface area contributed by atoms with E-state index in [-0.39, 0.29) is 11.3 Å². The minimum absolute atomic E-state index is 0.147. The molecule has 4 rings (SSSR count). The minimum Gasteiger partial charge on any atom is -0.497 e. The lowest BCUT2D eigenvalue weighted by molar-refractivity contribution is 0.0487. The van der Waals surface area contributed by atoms with Crippen LogP contribution in [0.25, 0.3) is 5.65 Å². The van der Waals surface area contributed by atoms with E-state index in [2.05, 4.69) is 33.0 Å². The molecule has 3 heterocycles. The Morgan fingerprint density at radius 2 is 2.00 bits per heavy atom. The number of hydrogen-bond donors (Lipinski definition) is 1. The van der Waals surface area contributed by atoms with Crippen LogP contribution in [0.4, 0.5) is 0 Å². The standard InChI is InChI=1S/C19H21N5O3/c1-26-16-5-3-15(4-6-16)19(8-10-27-11-9-19)13-20-18(25)14-2-7-17-21-22-23-24(17)12-14/h2-7,12H,8-11,13H2,1H3,(H,20,25). The van der Waals surface area contributed by atoms with Crippen molar-refractivity contribution in [1.82, 2.24) is 25.4 Å².